The minimum absolute atomic E-state index is 0.199. The lowest BCUT2D eigenvalue weighted by molar-refractivity contribution is 0.0954. The molecule has 0 fully saturated rings. The first-order chi connectivity index (χ1) is 10.1. The number of ether oxygens (including phenoxy) is 1. The molecular weight excluding hydrogens is 337 g/mol. The molecule has 0 aliphatic carbocycles. The van der Waals surface area contributed by atoms with Crippen LogP contribution >= 0.6 is 15.9 Å². The number of hydrogen-bond acceptors (Lipinski definition) is 2. The maximum Gasteiger partial charge on any atom is 0.251 e. The summed E-state index contributed by atoms with van der Waals surface area (Å²) in [6.45, 7) is 0.378. The minimum atomic E-state index is -0.251. The van der Waals surface area contributed by atoms with Crippen LogP contribution in [0.15, 0.2) is 46.9 Å². The Hall–Kier alpha value is -1.88. The van der Waals surface area contributed by atoms with Crippen LogP contribution in [-0.4, -0.2) is 19.6 Å². The number of carbonyl (C=O) groups excluding carboxylic acids is 1. The molecule has 0 aromatic heterocycles. The Morgan fingerprint density at radius 3 is 2.71 bits per heavy atom. The van der Waals surface area contributed by atoms with Gasteiger partial charge in [0.25, 0.3) is 5.91 Å². The molecule has 2 rings (SSSR count). The second-order valence-corrected chi connectivity index (χ2v) is 5.30. The summed E-state index contributed by atoms with van der Waals surface area (Å²) in [5, 5.41) is 2.77. The van der Waals surface area contributed by atoms with Crippen LogP contribution in [0.4, 0.5) is 4.39 Å². The average molecular weight is 352 g/mol. The number of nitrogens with one attached hydrogen (secondary N) is 1. The molecule has 2 aromatic carbocycles. The SMILES string of the molecule is COc1ccc(C(=O)NCCc2ccccc2F)cc1Br. The van der Waals surface area contributed by atoms with Gasteiger partial charge in [0.1, 0.15) is 11.6 Å². The van der Waals surface area contributed by atoms with E-state index in [0.29, 0.717) is 34.3 Å². The van der Waals surface area contributed by atoms with Gasteiger partial charge in [-0.2, -0.15) is 0 Å². The summed E-state index contributed by atoms with van der Waals surface area (Å²) < 4.78 is 19.3. The van der Waals surface area contributed by atoms with Gasteiger partial charge < -0.3 is 10.1 Å². The van der Waals surface area contributed by atoms with Crippen molar-refractivity contribution in [2.45, 2.75) is 6.42 Å². The summed E-state index contributed by atoms with van der Waals surface area (Å²) in [5.74, 6) is 0.214. The van der Waals surface area contributed by atoms with Gasteiger partial charge in [0.05, 0.1) is 11.6 Å². The fraction of sp³-hybridized carbons (Fsp3) is 0.188. The van der Waals surface area contributed by atoms with Crippen LogP contribution in [0.5, 0.6) is 5.75 Å². The first kappa shape index (κ1) is 15.5. The van der Waals surface area contributed by atoms with Crippen LogP contribution in [-0.2, 0) is 6.42 Å². The Bertz CT molecular complexity index is 646. The summed E-state index contributed by atoms with van der Waals surface area (Å²) in [6, 6.07) is 11.6. The molecule has 0 saturated carbocycles. The highest BCUT2D eigenvalue weighted by Crippen LogP contribution is 2.25. The molecule has 0 bridgehead atoms. The highest BCUT2D eigenvalue weighted by atomic mass is 79.9. The maximum atomic E-state index is 13.4. The molecule has 0 atom stereocenters. The second-order valence-electron chi connectivity index (χ2n) is 4.45. The van der Waals surface area contributed by atoms with Crippen LogP contribution in [0.2, 0.25) is 0 Å². The number of carbonyl (C=O) groups is 1. The number of halogens is 2. The zero-order valence-electron chi connectivity index (χ0n) is 11.5. The maximum absolute atomic E-state index is 13.4. The van der Waals surface area contributed by atoms with Gasteiger partial charge >= 0.3 is 0 Å². The van der Waals surface area contributed by atoms with E-state index < -0.39 is 0 Å². The Balaban J connectivity index is 1.93. The molecule has 0 aliphatic rings. The summed E-state index contributed by atoms with van der Waals surface area (Å²) in [6.07, 6.45) is 0.454. The van der Waals surface area contributed by atoms with Gasteiger partial charge in [-0.15, -0.1) is 0 Å². The fourth-order valence-corrected chi connectivity index (χ4v) is 2.46. The number of benzene rings is 2. The van der Waals surface area contributed by atoms with E-state index >= 15 is 0 Å². The van der Waals surface area contributed by atoms with Crippen molar-refractivity contribution in [3.05, 3.63) is 63.9 Å². The van der Waals surface area contributed by atoms with Gasteiger partial charge in [0, 0.05) is 12.1 Å². The van der Waals surface area contributed by atoms with Crippen molar-refractivity contribution in [3.63, 3.8) is 0 Å². The van der Waals surface area contributed by atoms with Crippen molar-refractivity contribution in [2.75, 3.05) is 13.7 Å². The van der Waals surface area contributed by atoms with Crippen LogP contribution in [0.25, 0.3) is 0 Å². The minimum Gasteiger partial charge on any atom is -0.496 e. The quantitative estimate of drug-likeness (QED) is 0.894. The number of methoxy groups -OCH3 is 1. The molecule has 0 saturated heterocycles. The van der Waals surface area contributed by atoms with E-state index in [1.807, 2.05) is 0 Å². The van der Waals surface area contributed by atoms with Crippen molar-refractivity contribution >= 4 is 21.8 Å². The highest BCUT2D eigenvalue weighted by molar-refractivity contribution is 9.10. The zero-order chi connectivity index (χ0) is 15.2. The molecule has 21 heavy (non-hydrogen) atoms. The summed E-state index contributed by atoms with van der Waals surface area (Å²) >= 11 is 3.34. The summed E-state index contributed by atoms with van der Waals surface area (Å²) in [7, 11) is 1.56. The molecule has 0 radical (unpaired) electrons. The number of amides is 1. The van der Waals surface area contributed by atoms with E-state index in [0.717, 1.165) is 0 Å². The second kappa shape index (κ2) is 7.22. The highest BCUT2D eigenvalue weighted by Gasteiger charge is 2.09. The first-order valence-electron chi connectivity index (χ1n) is 6.47. The normalized spacial score (nSPS) is 10.2. The van der Waals surface area contributed by atoms with Crippen LogP contribution in [0.3, 0.4) is 0 Å². The van der Waals surface area contributed by atoms with Crippen molar-refractivity contribution in [2.24, 2.45) is 0 Å². The lowest BCUT2D eigenvalue weighted by atomic mass is 10.1. The molecule has 110 valence electrons. The average Bonchev–Trinajstić information content (AvgIpc) is 2.49. The monoisotopic (exact) mass is 351 g/mol. The van der Waals surface area contributed by atoms with Crippen molar-refractivity contribution in [1.82, 2.24) is 5.32 Å². The summed E-state index contributed by atoms with van der Waals surface area (Å²) in [5.41, 5.74) is 1.12. The third-order valence-corrected chi connectivity index (χ3v) is 3.67. The van der Waals surface area contributed by atoms with Crippen LogP contribution in [0.1, 0.15) is 15.9 Å². The van der Waals surface area contributed by atoms with Gasteiger partial charge in [0.15, 0.2) is 0 Å². The topological polar surface area (TPSA) is 38.3 Å². The lowest BCUT2D eigenvalue weighted by Gasteiger charge is -2.08. The molecule has 1 N–H and O–H groups in total. The van der Waals surface area contributed by atoms with Crippen molar-refractivity contribution < 1.29 is 13.9 Å². The Morgan fingerprint density at radius 1 is 1.29 bits per heavy atom. The molecule has 5 heteroatoms. The molecule has 0 aliphatic heterocycles. The predicted octanol–water partition coefficient (Wildman–Crippen LogP) is 3.57. The third-order valence-electron chi connectivity index (χ3n) is 3.05. The van der Waals surface area contributed by atoms with Crippen LogP contribution < -0.4 is 10.1 Å². The number of rotatable bonds is 5. The summed E-state index contributed by atoms with van der Waals surface area (Å²) in [4.78, 5) is 12.0. The molecule has 0 unspecified atom stereocenters. The molecular formula is C16H15BrFNO2. The van der Waals surface area contributed by atoms with E-state index in [-0.39, 0.29) is 11.7 Å². The molecule has 0 spiro atoms. The standard InChI is InChI=1S/C16H15BrFNO2/c1-21-15-7-6-12(10-13(15)17)16(20)19-9-8-11-4-2-3-5-14(11)18/h2-7,10H,8-9H2,1H3,(H,19,20). The largest absolute Gasteiger partial charge is 0.496 e. The third kappa shape index (κ3) is 4.04. The molecule has 3 nitrogen and oxygen atoms in total. The van der Waals surface area contributed by atoms with E-state index in [4.69, 9.17) is 4.74 Å². The van der Waals surface area contributed by atoms with E-state index in [9.17, 15) is 9.18 Å². The smallest absolute Gasteiger partial charge is 0.251 e. The first-order valence-corrected chi connectivity index (χ1v) is 7.26. The molecule has 1 amide bonds. The Morgan fingerprint density at radius 2 is 2.05 bits per heavy atom. The predicted molar refractivity (Wildman–Crippen MR) is 83.1 cm³/mol. The van der Waals surface area contributed by atoms with Gasteiger partial charge in [-0.05, 0) is 52.2 Å². The van der Waals surface area contributed by atoms with Crippen molar-refractivity contribution in [1.29, 1.82) is 0 Å². The number of hydrogen-bond donors (Lipinski definition) is 1. The Kier molecular flexibility index (Phi) is 5.33. The van der Waals surface area contributed by atoms with Gasteiger partial charge in [-0.25, -0.2) is 4.39 Å². The zero-order valence-corrected chi connectivity index (χ0v) is 13.1. The van der Waals surface area contributed by atoms with Crippen molar-refractivity contribution in [3.8, 4) is 5.75 Å². The van der Waals surface area contributed by atoms with Crippen LogP contribution in [0, 0.1) is 5.82 Å². The molecule has 2 aromatic rings. The van der Waals surface area contributed by atoms with Gasteiger partial charge in [-0.3, -0.25) is 4.79 Å². The van der Waals surface area contributed by atoms with Gasteiger partial charge in [0.2, 0.25) is 0 Å². The molecule has 0 heterocycles. The lowest BCUT2D eigenvalue weighted by Crippen LogP contribution is -2.25. The van der Waals surface area contributed by atoms with E-state index in [1.165, 1.54) is 6.07 Å². The van der Waals surface area contributed by atoms with E-state index in [2.05, 4.69) is 21.2 Å². The van der Waals surface area contributed by atoms with E-state index in [1.54, 1.807) is 43.5 Å². The Labute approximate surface area is 131 Å². The van der Waals surface area contributed by atoms with Gasteiger partial charge in [-0.1, -0.05) is 18.2 Å². The fourth-order valence-electron chi connectivity index (χ4n) is 1.92.